The van der Waals surface area contributed by atoms with Crippen LogP contribution in [0, 0.1) is 0 Å². The predicted molar refractivity (Wildman–Crippen MR) is 300 cm³/mol. The normalized spacial score (nSPS) is 46.0. The first-order chi connectivity index (χ1) is 46.0. The van der Waals surface area contributed by atoms with Gasteiger partial charge in [0, 0.05) is 33.6 Å². The highest BCUT2D eigenvalue weighted by atomic mass is 16.8. The lowest BCUT2D eigenvalue weighted by Crippen LogP contribution is -2.72. The first-order valence-electron chi connectivity index (χ1n) is 30.7. The third-order valence-corrected chi connectivity index (χ3v) is 17.7. The molecule has 7 fully saturated rings. The zero-order valence-corrected chi connectivity index (χ0v) is 52.5. The largest absolute Gasteiger partial charge is 0.477 e. The van der Waals surface area contributed by atoms with Gasteiger partial charge in [0.25, 0.3) is 11.6 Å². The van der Waals surface area contributed by atoms with Crippen molar-refractivity contribution in [1.82, 2.24) is 16.0 Å². The molecule has 98 heavy (non-hydrogen) atoms. The number of hydrogen-bond donors (Lipinski definition) is 26. The monoisotopic (exact) mass is 1440 g/mol. The highest BCUT2D eigenvalue weighted by molar-refractivity contribution is 5.77. The molecule has 0 saturated carbocycles. The van der Waals surface area contributed by atoms with Crippen LogP contribution in [-0.2, 0) is 85.6 Å². The first-order valence-corrected chi connectivity index (χ1v) is 30.7. The molecule has 44 heteroatoms. The molecule has 0 aromatic rings. The summed E-state index contributed by atoms with van der Waals surface area (Å²) in [5.41, 5.74) is 0. The molecule has 0 aliphatic carbocycles. The Hall–Kier alpha value is -4.01. The van der Waals surface area contributed by atoms with E-state index < -0.39 is 308 Å². The second-order valence-electron chi connectivity index (χ2n) is 24.6. The van der Waals surface area contributed by atoms with Gasteiger partial charge in [0.2, 0.25) is 17.7 Å². The van der Waals surface area contributed by atoms with Crippen LogP contribution < -0.4 is 16.0 Å². The maximum atomic E-state index is 13.7. The maximum Gasteiger partial charge on any atom is 0.364 e. The van der Waals surface area contributed by atoms with Gasteiger partial charge >= 0.3 is 11.9 Å². The van der Waals surface area contributed by atoms with E-state index in [2.05, 4.69) is 16.0 Å². The standard InChI is InChI=1S/C54H89N3O41/c1-13-28(70)33(75)36(78)48(86-13)94-45-37(79)40(24(12-63)90-50(45)92-39-23(11-62)87-46(81)35(77)34(39)76)91-47-27(57-16(4)66)41(30(72)20(8-59)88-47)93-49-38(80)44(31(73)21(9-60)89-49)98-54(52(84)85)6-18(68)26(56-15(3)65)43(97-54)32(74)22(10-61)95-53(51(82)83)5-17(67)25(55-14(2)64)42(96-53)29(71)19(69)7-58/h13,17-50,58-63,67-81H,5-12H2,1-4H3,(H,55,64)(H,56,65)(H,57,66)(H,82,83)(H,84,85)/t13-,17-,18-,19+,20+,21+,22+,23+,24+,25+,26+,27+,28+,29+,30-,31-,32+,33+,34+,35+,36-,37-,38+,39+,40-,41+,42+,43+,44-,45+,46-,47-,48-,49-,50-,53+,54-/m0/s1. The van der Waals surface area contributed by atoms with Crippen LogP contribution in [-0.4, -0.2) is 413 Å². The van der Waals surface area contributed by atoms with Crippen molar-refractivity contribution in [2.75, 3.05) is 39.6 Å². The fraction of sp³-hybridized carbons (Fsp3) is 0.907. The van der Waals surface area contributed by atoms with Crippen molar-refractivity contribution in [3.63, 3.8) is 0 Å². The highest BCUT2D eigenvalue weighted by Crippen LogP contribution is 2.42. The van der Waals surface area contributed by atoms with Gasteiger partial charge in [-0.2, -0.15) is 0 Å². The van der Waals surface area contributed by atoms with E-state index in [1.165, 1.54) is 6.92 Å². The number of carboxylic acid groups (broad SMARTS) is 2. The minimum atomic E-state index is -3.54. The summed E-state index contributed by atoms with van der Waals surface area (Å²) >= 11 is 0. The molecule has 0 aromatic heterocycles. The van der Waals surface area contributed by atoms with Gasteiger partial charge in [0.15, 0.2) is 31.5 Å². The Morgan fingerprint density at radius 3 is 1.40 bits per heavy atom. The van der Waals surface area contributed by atoms with Crippen LogP contribution >= 0.6 is 0 Å². The third kappa shape index (κ3) is 17.3. The summed E-state index contributed by atoms with van der Waals surface area (Å²) in [6.07, 6.45) is -71.9. The summed E-state index contributed by atoms with van der Waals surface area (Å²) in [4.78, 5) is 64.8. The van der Waals surface area contributed by atoms with E-state index in [0.29, 0.717) is 0 Å². The van der Waals surface area contributed by atoms with E-state index in [1.54, 1.807) is 0 Å². The molecule has 44 nitrogen and oxygen atoms in total. The molecule has 7 heterocycles. The molecule has 7 aliphatic heterocycles. The van der Waals surface area contributed by atoms with Crippen LogP contribution in [0.1, 0.15) is 40.5 Å². The average molecular weight is 1440 g/mol. The molecule has 37 atom stereocenters. The summed E-state index contributed by atoms with van der Waals surface area (Å²) in [5, 5.41) is 259. The van der Waals surface area contributed by atoms with Crippen LogP contribution in [0.2, 0.25) is 0 Å². The predicted octanol–water partition coefficient (Wildman–Crippen LogP) is -16.4. The Bertz CT molecular complexity index is 2630. The van der Waals surface area contributed by atoms with E-state index in [-0.39, 0.29) is 0 Å². The van der Waals surface area contributed by atoms with E-state index in [9.17, 15) is 141 Å². The fourth-order valence-electron chi connectivity index (χ4n) is 12.5. The van der Waals surface area contributed by atoms with Crippen LogP contribution in [0.15, 0.2) is 0 Å². The molecule has 0 radical (unpaired) electrons. The van der Waals surface area contributed by atoms with E-state index >= 15 is 0 Å². The minimum Gasteiger partial charge on any atom is -0.477 e. The fourth-order valence-corrected chi connectivity index (χ4v) is 12.5. The van der Waals surface area contributed by atoms with Crippen molar-refractivity contribution in [2.24, 2.45) is 0 Å². The Balaban J connectivity index is 1.20. The lowest BCUT2D eigenvalue weighted by atomic mass is 9.87. The number of carbonyl (C=O) groups is 5. The van der Waals surface area contributed by atoms with Crippen molar-refractivity contribution in [1.29, 1.82) is 0 Å². The van der Waals surface area contributed by atoms with Gasteiger partial charge in [-0.15, -0.1) is 0 Å². The molecule has 0 bridgehead atoms. The number of hydrogen-bond acceptors (Lipinski definition) is 39. The number of aliphatic hydroxyl groups excluding tert-OH is 21. The summed E-state index contributed by atoms with van der Waals surface area (Å²) in [7, 11) is 0. The molecule has 7 rings (SSSR count). The Labute approximate surface area is 553 Å². The van der Waals surface area contributed by atoms with Crippen molar-refractivity contribution in [2.45, 2.75) is 266 Å². The highest BCUT2D eigenvalue weighted by Gasteiger charge is 2.64. The first kappa shape index (κ1) is 81.3. The Kier molecular flexibility index (Phi) is 28.3. The minimum absolute atomic E-state index is 0.864. The molecule has 0 aromatic carbocycles. The van der Waals surface area contributed by atoms with Crippen LogP contribution in [0.3, 0.4) is 0 Å². The van der Waals surface area contributed by atoms with E-state index in [1.807, 2.05) is 0 Å². The number of amides is 3. The summed E-state index contributed by atoms with van der Waals surface area (Å²) < 4.78 is 75.2. The molecule has 0 unspecified atom stereocenters. The average Bonchev–Trinajstić information content (AvgIpc) is 0.762. The molecule has 566 valence electrons. The Morgan fingerprint density at radius 1 is 0.439 bits per heavy atom. The van der Waals surface area contributed by atoms with Gasteiger partial charge in [0.1, 0.15) is 153 Å². The van der Waals surface area contributed by atoms with Crippen LogP contribution in [0.25, 0.3) is 0 Å². The summed E-state index contributed by atoms with van der Waals surface area (Å²) in [6, 6.07) is -5.82. The van der Waals surface area contributed by atoms with Crippen LogP contribution in [0.4, 0.5) is 0 Å². The van der Waals surface area contributed by atoms with Gasteiger partial charge in [-0.25, -0.2) is 9.59 Å². The molecular weight excluding hydrogens is 1350 g/mol. The Morgan fingerprint density at radius 2 is 0.878 bits per heavy atom. The third-order valence-electron chi connectivity index (χ3n) is 17.7. The number of ether oxygens (including phenoxy) is 13. The number of nitrogens with one attached hydrogen (secondary N) is 3. The van der Waals surface area contributed by atoms with Gasteiger partial charge in [-0.1, -0.05) is 0 Å². The zero-order valence-electron chi connectivity index (χ0n) is 52.5. The molecule has 0 spiro atoms. The van der Waals surface area contributed by atoms with Crippen LogP contribution in [0.5, 0.6) is 0 Å². The molecule has 26 N–H and O–H groups in total. The van der Waals surface area contributed by atoms with Gasteiger partial charge in [-0.3, -0.25) is 14.4 Å². The quantitative estimate of drug-likeness (QED) is 0.0363. The van der Waals surface area contributed by atoms with Crippen molar-refractivity contribution < 1.29 is 203 Å². The molecule has 3 amide bonds. The number of carboxylic acids is 2. The van der Waals surface area contributed by atoms with E-state index in [4.69, 9.17) is 61.6 Å². The van der Waals surface area contributed by atoms with Crippen molar-refractivity contribution in [3.8, 4) is 0 Å². The summed E-state index contributed by atoms with van der Waals surface area (Å²) in [6.45, 7) is -3.48. The molecule has 7 aliphatic rings. The van der Waals surface area contributed by atoms with Gasteiger partial charge in [0.05, 0.1) is 70.0 Å². The maximum absolute atomic E-state index is 13.7. The SMILES string of the molecule is CC(=O)N[C@H]1[C@H](O[C@@H]2[C@H](O)[C@@H](O[C@@H]3O[C@@H](C)[C@@H](O)[C@@H](O)[C@@H]3O)[C@H](O[C@H]3[C@H](O)[C@@H](O)[C@@H](O)O[C@@H]3CO)O[C@@H]2CO)O[C@H](CO)[C@H](O)[C@@H]1O[C@@H]1O[C@H](CO)[C@H](O)[C@H](O[C@]2(C(=O)O)C[C@H](O)[C@@H](NC(C)=O)[C@H]([C@H](O)[C@@H](CO)O[C@]3(C(=O)O)C[C@H](O)[C@@H](NC(C)=O)[C@H]([C@H](O)[C@H](O)CO)O3)O2)[C@H]1O. The van der Waals surface area contributed by atoms with Crippen molar-refractivity contribution >= 4 is 29.7 Å². The topological polar surface area (TPSA) is 707 Å². The van der Waals surface area contributed by atoms with E-state index in [0.717, 1.165) is 20.8 Å². The number of rotatable bonds is 27. The zero-order chi connectivity index (χ0) is 73.1. The number of carbonyl (C=O) groups excluding carboxylic acids is 3. The lowest BCUT2D eigenvalue weighted by molar-refractivity contribution is -0.401. The second-order valence-corrected chi connectivity index (χ2v) is 24.6. The number of aliphatic hydroxyl groups is 21. The van der Waals surface area contributed by atoms with Gasteiger partial charge in [-0.05, 0) is 6.92 Å². The molecular formula is C54H89N3O41. The number of aliphatic carboxylic acids is 2. The lowest BCUT2D eigenvalue weighted by Gasteiger charge is -2.52. The molecule has 7 saturated heterocycles. The smallest absolute Gasteiger partial charge is 0.364 e. The van der Waals surface area contributed by atoms with Gasteiger partial charge < -0.3 is 195 Å². The summed E-state index contributed by atoms with van der Waals surface area (Å²) in [5.74, 6) is -14.3. The van der Waals surface area contributed by atoms with Crippen molar-refractivity contribution in [3.05, 3.63) is 0 Å². The second kappa shape index (κ2) is 34.1.